The molecule has 4 heterocycles. The van der Waals surface area contributed by atoms with Crippen LogP contribution >= 0.6 is 11.3 Å². The second-order valence-electron chi connectivity index (χ2n) is 8.20. The summed E-state index contributed by atoms with van der Waals surface area (Å²) >= 11 is 1.57. The number of hydroxylamine groups is 1. The van der Waals surface area contributed by atoms with E-state index in [1.165, 1.54) is 24.5 Å². The number of fused-ring (bicyclic) bond motifs is 1. The van der Waals surface area contributed by atoms with E-state index in [2.05, 4.69) is 14.9 Å². The maximum Gasteiger partial charge on any atom is 0.277 e. The second kappa shape index (κ2) is 9.97. The number of amides is 1. The van der Waals surface area contributed by atoms with Gasteiger partial charge in [0, 0.05) is 43.0 Å². The van der Waals surface area contributed by atoms with E-state index in [1.807, 2.05) is 18.0 Å². The zero-order valence-electron chi connectivity index (χ0n) is 19.3. The van der Waals surface area contributed by atoms with Gasteiger partial charge in [0.25, 0.3) is 5.91 Å². The second-order valence-corrected chi connectivity index (χ2v) is 9.34. The molecule has 1 saturated heterocycles. The number of nitrogens with zero attached hydrogens (tertiary/aromatic N) is 6. The van der Waals surface area contributed by atoms with Crippen LogP contribution in [0.5, 0.6) is 0 Å². The molecule has 3 aromatic heterocycles. The molecule has 0 saturated carbocycles. The first-order chi connectivity index (χ1) is 17.4. The molecular weight excluding hydrogens is 487 g/mol. The summed E-state index contributed by atoms with van der Waals surface area (Å²) in [5.41, 5.74) is 8.72. The van der Waals surface area contributed by atoms with E-state index >= 15 is 0 Å². The summed E-state index contributed by atoms with van der Waals surface area (Å²) in [6.07, 6.45) is 2.69. The van der Waals surface area contributed by atoms with Crippen LogP contribution < -0.4 is 21.0 Å². The Morgan fingerprint density at radius 3 is 2.69 bits per heavy atom. The Balaban J connectivity index is 1.49. The van der Waals surface area contributed by atoms with Gasteiger partial charge in [-0.15, -0.1) is 11.3 Å². The van der Waals surface area contributed by atoms with Crippen molar-refractivity contribution in [2.24, 2.45) is 0 Å². The molecule has 4 N–H and O–H groups in total. The number of nitrogens with two attached hydrogens (primary N) is 1. The fourth-order valence-corrected chi connectivity index (χ4v) is 5.00. The average Bonchev–Trinajstić information content (AvgIpc) is 3.32. The molecule has 0 radical (unpaired) electrons. The Morgan fingerprint density at radius 2 is 2.00 bits per heavy atom. The van der Waals surface area contributed by atoms with E-state index < -0.39 is 11.7 Å². The number of morpholine rings is 1. The highest BCUT2D eigenvalue weighted by molar-refractivity contribution is 7.19. The molecule has 11 nitrogen and oxygen atoms in total. The smallest absolute Gasteiger partial charge is 0.277 e. The van der Waals surface area contributed by atoms with E-state index in [0.717, 1.165) is 20.9 Å². The number of aromatic nitrogens is 4. The van der Waals surface area contributed by atoms with Gasteiger partial charge in [-0.25, -0.2) is 29.8 Å². The minimum Gasteiger partial charge on any atom is -0.396 e. The van der Waals surface area contributed by atoms with Crippen molar-refractivity contribution in [1.29, 1.82) is 0 Å². The first-order valence-electron chi connectivity index (χ1n) is 11.1. The molecule has 0 bridgehead atoms. The van der Waals surface area contributed by atoms with Crippen molar-refractivity contribution in [3.63, 3.8) is 0 Å². The molecule has 1 aromatic carbocycles. The molecular formula is C23H23FN8O3S. The lowest BCUT2D eigenvalue weighted by Gasteiger charge is -2.28. The number of ether oxygens (including phenoxy) is 1. The third-order valence-electron chi connectivity index (χ3n) is 5.71. The predicted octanol–water partition coefficient (Wildman–Crippen LogP) is 2.46. The molecule has 1 aliphatic heterocycles. The molecule has 0 atom stereocenters. The van der Waals surface area contributed by atoms with Crippen LogP contribution in [0.4, 0.5) is 21.8 Å². The number of anilines is 3. The van der Waals surface area contributed by atoms with Gasteiger partial charge < -0.3 is 20.3 Å². The third kappa shape index (κ3) is 4.76. The van der Waals surface area contributed by atoms with Crippen molar-refractivity contribution in [2.75, 3.05) is 48.9 Å². The van der Waals surface area contributed by atoms with Gasteiger partial charge in [-0.2, -0.15) is 0 Å². The highest BCUT2D eigenvalue weighted by Gasteiger charge is 2.21. The predicted molar refractivity (Wildman–Crippen MR) is 134 cm³/mol. The van der Waals surface area contributed by atoms with Crippen molar-refractivity contribution in [3.05, 3.63) is 52.9 Å². The minimum atomic E-state index is -0.681. The molecule has 36 heavy (non-hydrogen) atoms. The maximum atomic E-state index is 14.2. The van der Waals surface area contributed by atoms with Crippen LogP contribution in [-0.4, -0.2) is 64.4 Å². The molecule has 1 fully saturated rings. The van der Waals surface area contributed by atoms with Gasteiger partial charge in [0.15, 0.2) is 11.6 Å². The number of benzene rings is 1. The van der Waals surface area contributed by atoms with Gasteiger partial charge in [0.05, 0.1) is 41.2 Å². The number of hydrogen-bond acceptors (Lipinski definition) is 11. The Kier molecular flexibility index (Phi) is 6.59. The largest absolute Gasteiger partial charge is 0.396 e. The molecule has 5 rings (SSSR count). The summed E-state index contributed by atoms with van der Waals surface area (Å²) in [6, 6.07) is 6.55. The average molecular weight is 511 g/mol. The first-order valence-corrected chi connectivity index (χ1v) is 11.9. The summed E-state index contributed by atoms with van der Waals surface area (Å²) < 4.78 is 20.6. The van der Waals surface area contributed by atoms with Gasteiger partial charge in [-0.1, -0.05) is 0 Å². The quantitative estimate of drug-likeness (QED) is 0.201. The summed E-state index contributed by atoms with van der Waals surface area (Å²) in [5, 5.41) is 8.76. The molecule has 0 aliphatic carbocycles. The normalized spacial score (nSPS) is 13.7. The maximum absolute atomic E-state index is 14.2. The van der Waals surface area contributed by atoms with Crippen molar-refractivity contribution in [2.45, 2.75) is 6.54 Å². The van der Waals surface area contributed by atoms with Gasteiger partial charge in [0.1, 0.15) is 5.82 Å². The summed E-state index contributed by atoms with van der Waals surface area (Å²) in [5.74, 6) is 0.421. The minimum absolute atomic E-state index is 0.0707. The molecule has 1 amide bonds. The molecule has 4 aromatic rings. The Labute approximate surface area is 209 Å². The van der Waals surface area contributed by atoms with E-state index in [9.17, 15) is 9.18 Å². The number of hydrogen-bond donors (Lipinski definition) is 3. The van der Waals surface area contributed by atoms with Crippen LogP contribution in [0.25, 0.3) is 21.6 Å². The van der Waals surface area contributed by atoms with Crippen LogP contribution in [-0.2, 0) is 11.3 Å². The molecule has 13 heteroatoms. The lowest BCUT2D eigenvalue weighted by molar-refractivity contribution is 0.0705. The number of rotatable bonds is 6. The number of thiophene rings is 1. The zero-order valence-corrected chi connectivity index (χ0v) is 20.1. The number of carbonyl (C=O) groups is 1. The van der Waals surface area contributed by atoms with Crippen molar-refractivity contribution in [3.8, 4) is 11.4 Å². The van der Waals surface area contributed by atoms with Gasteiger partial charge in [-0.05, 0) is 24.3 Å². The zero-order chi connectivity index (χ0) is 25.2. The number of nitrogens with one attached hydrogen (secondary N) is 1. The van der Waals surface area contributed by atoms with Crippen LogP contribution in [0.1, 0.15) is 15.2 Å². The number of halogens is 1. The monoisotopic (exact) mass is 510 g/mol. The SMILES string of the molecule is CN(Cc1cc2nc(-c3ccc(N)c(F)c3)nc(N3CCOCC3)c2s1)c1ncc(C(=O)NO)cn1. The van der Waals surface area contributed by atoms with E-state index in [1.54, 1.807) is 22.9 Å². The van der Waals surface area contributed by atoms with Gasteiger partial charge in [0.2, 0.25) is 5.95 Å². The Morgan fingerprint density at radius 1 is 1.25 bits per heavy atom. The van der Waals surface area contributed by atoms with Crippen molar-refractivity contribution in [1.82, 2.24) is 25.4 Å². The van der Waals surface area contributed by atoms with E-state index in [0.29, 0.717) is 50.2 Å². The number of carbonyl (C=O) groups excluding carboxylic acids is 1. The standard InChI is InChI=1S/C23H23FN8O3S/c1-31(23-26-10-14(11-27-23)22(33)30-34)12-15-9-18-19(36-15)21(32-4-6-35-7-5-32)29-20(28-18)13-2-3-17(25)16(24)8-13/h2-3,8-11,34H,4-7,12,25H2,1H3,(H,30,33). The lowest BCUT2D eigenvalue weighted by atomic mass is 10.2. The topological polar surface area (TPSA) is 143 Å². The van der Waals surface area contributed by atoms with Crippen LogP contribution in [0, 0.1) is 5.82 Å². The lowest BCUT2D eigenvalue weighted by Crippen LogP contribution is -2.36. The first kappa shape index (κ1) is 23.8. The number of nitrogen functional groups attached to an aromatic ring is 1. The summed E-state index contributed by atoms with van der Waals surface area (Å²) in [6.45, 7) is 3.06. The summed E-state index contributed by atoms with van der Waals surface area (Å²) in [4.78, 5) is 34.5. The Bertz CT molecular complexity index is 1410. The fourth-order valence-electron chi connectivity index (χ4n) is 3.83. The molecule has 1 aliphatic rings. The van der Waals surface area contributed by atoms with Crippen LogP contribution in [0.2, 0.25) is 0 Å². The van der Waals surface area contributed by atoms with Gasteiger partial charge in [-0.3, -0.25) is 10.0 Å². The highest BCUT2D eigenvalue weighted by atomic mass is 32.1. The van der Waals surface area contributed by atoms with E-state index in [-0.39, 0.29) is 11.3 Å². The Hall–Kier alpha value is -3.94. The molecule has 186 valence electrons. The highest BCUT2D eigenvalue weighted by Crippen LogP contribution is 2.35. The van der Waals surface area contributed by atoms with E-state index in [4.69, 9.17) is 25.6 Å². The summed E-state index contributed by atoms with van der Waals surface area (Å²) in [7, 11) is 1.84. The van der Waals surface area contributed by atoms with Crippen LogP contribution in [0.15, 0.2) is 36.7 Å². The van der Waals surface area contributed by atoms with Crippen molar-refractivity contribution >= 4 is 44.9 Å². The molecule has 0 spiro atoms. The van der Waals surface area contributed by atoms with Gasteiger partial charge >= 0.3 is 0 Å². The molecule has 0 unspecified atom stereocenters. The van der Waals surface area contributed by atoms with Crippen LogP contribution in [0.3, 0.4) is 0 Å². The van der Waals surface area contributed by atoms with Crippen molar-refractivity contribution < 1.29 is 19.1 Å². The third-order valence-corrected chi connectivity index (χ3v) is 6.82. The fraction of sp³-hybridized carbons (Fsp3) is 0.261.